The van der Waals surface area contributed by atoms with Gasteiger partial charge in [0.1, 0.15) is 18.3 Å². The number of fused-ring (bicyclic) bond motifs is 1. The van der Waals surface area contributed by atoms with Gasteiger partial charge in [-0.3, -0.25) is 9.59 Å². The molecule has 1 aromatic heterocycles. The summed E-state index contributed by atoms with van der Waals surface area (Å²) < 4.78 is 40.9. The van der Waals surface area contributed by atoms with Gasteiger partial charge in [0, 0.05) is 6.54 Å². The third kappa shape index (κ3) is 5.37. The summed E-state index contributed by atoms with van der Waals surface area (Å²) in [5.74, 6) is -0.347. The van der Waals surface area contributed by atoms with Crippen molar-refractivity contribution >= 4 is 43.5 Å². The molecule has 3 aromatic rings. The minimum Gasteiger partial charge on any atom is -0.494 e. The van der Waals surface area contributed by atoms with Crippen LogP contribution in [0.15, 0.2) is 52.4 Å². The molecule has 192 valence electrons. The molecule has 0 spiro atoms. The van der Waals surface area contributed by atoms with Crippen LogP contribution in [0.2, 0.25) is 0 Å². The lowest BCUT2D eigenvalue weighted by Gasteiger charge is -2.21. The van der Waals surface area contributed by atoms with Crippen LogP contribution in [-0.2, 0) is 30.9 Å². The lowest BCUT2D eigenvalue weighted by molar-refractivity contribution is -0.143. The van der Waals surface area contributed by atoms with Crippen LogP contribution in [0.3, 0.4) is 0 Å². The van der Waals surface area contributed by atoms with Crippen LogP contribution in [0, 0.1) is 6.92 Å². The second-order valence-corrected chi connectivity index (χ2v) is 11.3. The second kappa shape index (κ2) is 10.9. The van der Waals surface area contributed by atoms with Crippen LogP contribution < -0.4 is 9.54 Å². The van der Waals surface area contributed by atoms with E-state index in [0.29, 0.717) is 35.5 Å². The number of thiazole rings is 1. The zero-order valence-corrected chi connectivity index (χ0v) is 22.1. The largest absolute Gasteiger partial charge is 0.494 e. The SMILES string of the molecule is CCOC(=O)Cn1c(=NC(=O)C2CCCN2S(=O)(=O)c2ccc(C)cc2)sc2cc(OCC)ccc21. The zero-order chi connectivity index (χ0) is 25.9. The summed E-state index contributed by atoms with van der Waals surface area (Å²) in [6.45, 7) is 6.35. The predicted molar refractivity (Wildman–Crippen MR) is 136 cm³/mol. The van der Waals surface area contributed by atoms with Crippen molar-refractivity contribution in [2.45, 2.75) is 51.1 Å². The maximum absolute atomic E-state index is 13.3. The Morgan fingerprint density at radius 2 is 1.86 bits per heavy atom. The quantitative estimate of drug-likeness (QED) is 0.413. The van der Waals surface area contributed by atoms with Crippen molar-refractivity contribution in [2.75, 3.05) is 19.8 Å². The number of nitrogens with zero attached hydrogens (tertiary/aromatic N) is 3. The van der Waals surface area contributed by atoms with E-state index < -0.39 is 27.9 Å². The van der Waals surface area contributed by atoms with E-state index in [9.17, 15) is 18.0 Å². The van der Waals surface area contributed by atoms with Gasteiger partial charge in [-0.05, 0) is 63.9 Å². The third-order valence-electron chi connectivity index (χ3n) is 5.88. The highest BCUT2D eigenvalue weighted by molar-refractivity contribution is 7.89. The first-order valence-electron chi connectivity index (χ1n) is 11.8. The van der Waals surface area contributed by atoms with Crippen molar-refractivity contribution in [3.8, 4) is 5.75 Å². The average molecular weight is 532 g/mol. The monoisotopic (exact) mass is 531 g/mol. The van der Waals surface area contributed by atoms with Crippen molar-refractivity contribution in [1.82, 2.24) is 8.87 Å². The van der Waals surface area contributed by atoms with Gasteiger partial charge in [-0.2, -0.15) is 9.30 Å². The van der Waals surface area contributed by atoms with E-state index in [1.807, 2.05) is 26.0 Å². The zero-order valence-electron chi connectivity index (χ0n) is 20.5. The molecule has 1 fully saturated rings. The summed E-state index contributed by atoms with van der Waals surface area (Å²) in [7, 11) is -3.86. The van der Waals surface area contributed by atoms with Gasteiger partial charge in [-0.25, -0.2) is 8.42 Å². The van der Waals surface area contributed by atoms with Gasteiger partial charge >= 0.3 is 5.97 Å². The lowest BCUT2D eigenvalue weighted by atomic mass is 10.2. The van der Waals surface area contributed by atoms with Gasteiger partial charge in [-0.15, -0.1) is 0 Å². The molecule has 1 aliphatic heterocycles. The molecule has 2 aromatic carbocycles. The highest BCUT2D eigenvalue weighted by Crippen LogP contribution is 2.28. The van der Waals surface area contributed by atoms with Gasteiger partial charge in [0.05, 0.1) is 28.3 Å². The summed E-state index contributed by atoms with van der Waals surface area (Å²) in [6, 6.07) is 11.1. The number of benzene rings is 2. The molecule has 1 aliphatic rings. The van der Waals surface area contributed by atoms with E-state index >= 15 is 0 Å². The number of esters is 1. The molecule has 1 amide bonds. The molecule has 1 atom stereocenters. The molecule has 1 unspecified atom stereocenters. The van der Waals surface area contributed by atoms with E-state index in [1.165, 1.54) is 15.6 Å². The molecule has 0 radical (unpaired) electrons. The molecule has 11 heteroatoms. The first kappa shape index (κ1) is 26.1. The number of carbonyl (C=O) groups is 2. The maximum Gasteiger partial charge on any atom is 0.326 e. The van der Waals surface area contributed by atoms with E-state index in [2.05, 4.69) is 4.99 Å². The van der Waals surface area contributed by atoms with E-state index in [-0.39, 0.29) is 24.6 Å². The predicted octanol–water partition coefficient (Wildman–Crippen LogP) is 3.25. The average Bonchev–Trinajstić information content (AvgIpc) is 3.46. The Morgan fingerprint density at radius 3 is 2.56 bits per heavy atom. The molecule has 0 N–H and O–H groups in total. The number of amides is 1. The molecular formula is C25H29N3O6S2. The Morgan fingerprint density at radius 1 is 1.11 bits per heavy atom. The Hall–Kier alpha value is -3.02. The Labute approximate surface area is 214 Å². The molecule has 36 heavy (non-hydrogen) atoms. The summed E-state index contributed by atoms with van der Waals surface area (Å²) in [5, 5.41) is 0. The minimum atomic E-state index is -3.86. The smallest absolute Gasteiger partial charge is 0.326 e. The highest BCUT2D eigenvalue weighted by Gasteiger charge is 2.39. The Kier molecular flexibility index (Phi) is 7.91. The van der Waals surface area contributed by atoms with Gasteiger partial charge in [0.25, 0.3) is 5.91 Å². The summed E-state index contributed by atoms with van der Waals surface area (Å²) >= 11 is 1.24. The van der Waals surface area contributed by atoms with Crippen LogP contribution in [0.25, 0.3) is 10.2 Å². The molecule has 0 saturated carbocycles. The number of ether oxygens (including phenoxy) is 2. The van der Waals surface area contributed by atoms with Crippen LogP contribution in [0.1, 0.15) is 32.3 Å². The van der Waals surface area contributed by atoms with Crippen molar-refractivity contribution in [2.24, 2.45) is 4.99 Å². The van der Waals surface area contributed by atoms with Crippen LogP contribution >= 0.6 is 11.3 Å². The summed E-state index contributed by atoms with van der Waals surface area (Å²) in [6.07, 6.45) is 0.939. The topological polar surface area (TPSA) is 107 Å². The first-order chi connectivity index (χ1) is 17.2. The number of aryl methyl sites for hydroxylation is 1. The van der Waals surface area contributed by atoms with E-state index in [1.54, 1.807) is 41.8 Å². The summed E-state index contributed by atoms with van der Waals surface area (Å²) in [5.41, 5.74) is 1.65. The van der Waals surface area contributed by atoms with E-state index in [4.69, 9.17) is 9.47 Å². The number of rotatable bonds is 8. The number of hydrogen-bond acceptors (Lipinski definition) is 7. The van der Waals surface area contributed by atoms with Gasteiger partial charge in [0.15, 0.2) is 4.80 Å². The minimum absolute atomic E-state index is 0.121. The number of hydrogen-bond donors (Lipinski definition) is 0. The first-order valence-corrected chi connectivity index (χ1v) is 14.1. The van der Waals surface area contributed by atoms with Gasteiger partial charge in [-0.1, -0.05) is 29.0 Å². The van der Waals surface area contributed by atoms with Gasteiger partial charge in [0.2, 0.25) is 10.0 Å². The van der Waals surface area contributed by atoms with Crippen LogP contribution in [0.4, 0.5) is 0 Å². The standard InChI is InChI=1S/C25H29N3O6S2/c1-4-33-18-10-13-20-22(15-18)35-25(27(20)16-23(29)34-5-2)26-24(30)21-7-6-14-28(21)36(31,32)19-11-8-17(3)9-12-19/h8-13,15,21H,4-7,14,16H2,1-3H3. The summed E-state index contributed by atoms with van der Waals surface area (Å²) in [4.78, 5) is 30.4. The number of aromatic nitrogens is 1. The van der Waals surface area contributed by atoms with Crippen LogP contribution in [-0.4, -0.2) is 55.0 Å². The maximum atomic E-state index is 13.3. The molecule has 0 bridgehead atoms. The molecule has 0 aliphatic carbocycles. The fourth-order valence-corrected chi connectivity index (χ4v) is 6.89. The normalized spacial score (nSPS) is 17.0. The number of sulfonamides is 1. The Bertz CT molecular complexity index is 1440. The van der Waals surface area contributed by atoms with Crippen molar-refractivity contribution in [1.29, 1.82) is 0 Å². The second-order valence-electron chi connectivity index (χ2n) is 8.38. The van der Waals surface area contributed by atoms with Crippen LogP contribution in [0.5, 0.6) is 5.75 Å². The molecular weight excluding hydrogens is 502 g/mol. The Balaban J connectivity index is 1.72. The third-order valence-corrected chi connectivity index (χ3v) is 8.84. The number of carbonyl (C=O) groups excluding carboxylic acids is 2. The fraction of sp³-hybridized carbons (Fsp3) is 0.400. The molecule has 1 saturated heterocycles. The lowest BCUT2D eigenvalue weighted by Crippen LogP contribution is -2.40. The van der Waals surface area contributed by atoms with Crippen molar-refractivity contribution in [3.05, 3.63) is 52.8 Å². The fourth-order valence-electron chi connectivity index (χ4n) is 4.17. The van der Waals surface area contributed by atoms with Gasteiger partial charge < -0.3 is 14.0 Å². The van der Waals surface area contributed by atoms with Crippen molar-refractivity contribution in [3.63, 3.8) is 0 Å². The highest BCUT2D eigenvalue weighted by atomic mass is 32.2. The van der Waals surface area contributed by atoms with Crippen molar-refractivity contribution < 1.29 is 27.5 Å². The molecule has 4 rings (SSSR count). The molecule has 9 nitrogen and oxygen atoms in total. The molecule has 2 heterocycles. The van der Waals surface area contributed by atoms with E-state index in [0.717, 1.165) is 10.3 Å².